The van der Waals surface area contributed by atoms with Gasteiger partial charge in [0.1, 0.15) is 5.75 Å². The van der Waals surface area contributed by atoms with E-state index in [-0.39, 0.29) is 10.8 Å². The Morgan fingerprint density at radius 1 is 1.00 bits per heavy atom. The van der Waals surface area contributed by atoms with E-state index >= 15 is 0 Å². The van der Waals surface area contributed by atoms with Crippen molar-refractivity contribution in [1.82, 2.24) is 0 Å². The number of hydrogen-bond donors (Lipinski definition) is 0. The zero-order valence-corrected chi connectivity index (χ0v) is 17.3. The number of rotatable bonds is 4. The first-order valence-electron chi connectivity index (χ1n) is 9.82. The van der Waals surface area contributed by atoms with Crippen LogP contribution in [0.1, 0.15) is 58.4 Å². The highest BCUT2D eigenvalue weighted by Crippen LogP contribution is 2.64. The lowest BCUT2D eigenvalue weighted by Gasteiger charge is -2.59. The van der Waals surface area contributed by atoms with Gasteiger partial charge >= 0.3 is 0 Å². The monoisotopic (exact) mass is 358 g/mol. The van der Waals surface area contributed by atoms with Crippen LogP contribution in [-0.2, 0) is 5.41 Å². The Hall–Kier alpha value is -1.64. The summed E-state index contributed by atoms with van der Waals surface area (Å²) < 4.78 is 17.4. The SMILES string of the molecule is C=C1CCC[C@H]2[C@](C)(c3c(OC)ccc(OC)c3OC)[C@@H](C)CC[C@@]12C. The summed E-state index contributed by atoms with van der Waals surface area (Å²) in [7, 11) is 5.19. The first-order valence-corrected chi connectivity index (χ1v) is 9.82. The van der Waals surface area contributed by atoms with Gasteiger partial charge in [-0.25, -0.2) is 0 Å². The molecule has 4 atom stereocenters. The highest BCUT2D eigenvalue weighted by atomic mass is 16.5. The number of benzene rings is 1. The third-order valence-corrected chi connectivity index (χ3v) is 7.66. The molecule has 0 N–H and O–H groups in total. The van der Waals surface area contributed by atoms with Crippen molar-refractivity contribution >= 4 is 0 Å². The lowest BCUT2D eigenvalue weighted by Crippen LogP contribution is -2.53. The predicted molar refractivity (Wildman–Crippen MR) is 106 cm³/mol. The zero-order chi connectivity index (χ0) is 19.1. The van der Waals surface area contributed by atoms with Crippen LogP contribution < -0.4 is 14.2 Å². The van der Waals surface area contributed by atoms with E-state index in [1.165, 1.54) is 36.8 Å². The van der Waals surface area contributed by atoms with Gasteiger partial charge in [-0.3, -0.25) is 0 Å². The van der Waals surface area contributed by atoms with Gasteiger partial charge in [0.25, 0.3) is 0 Å². The van der Waals surface area contributed by atoms with Crippen molar-refractivity contribution in [2.75, 3.05) is 21.3 Å². The summed E-state index contributed by atoms with van der Waals surface area (Å²) in [6.07, 6.45) is 6.01. The molecule has 0 amide bonds. The molecular weight excluding hydrogens is 324 g/mol. The molecule has 2 aliphatic rings. The van der Waals surface area contributed by atoms with Gasteiger partial charge in [-0.2, -0.15) is 0 Å². The molecule has 1 aromatic carbocycles. The fraction of sp³-hybridized carbons (Fsp3) is 0.652. The van der Waals surface area contributed by atoms with E-state index in [9.17, 15) is 0 Å². The van der Waals surface area contributed by atoms with E-state index < -0.39 is 0 Å². The van der Waals surface area contributed by atoms with Crippen molar-refractivity contribution in [2.45, 2.75) is 58.3 Å². The summed E-state index contributed by atoms with van der Waals surface area (Å²) in [5, 5.41) is 0. The van der Waals surface area contributed by atoms with Gasteiger partial charge in [0.15, 0.2) is 11.5 Å². The maximum Gasteiger partial charge on any atom is 0.168 e. The summed E-state index contributed by atoms with van der Waals surface area (Å²) in [4.78, 5) is 0. The largest absolute Gasteiger partial charge is 0.496 e. The van der Waals surface area contributed by atoms with Gasteiger partial charge < -0.3 is 14.2 Å². The topological polar surface area (TPSA) is 27.7 Å². The van der Waals surface area contributed by atoms with E-state index in [4.69, 9.17) is 14.2 Å². The number of fused-ring (bicyclic) bond motifs is 1. The average Bonchev–Trinajstić information content (AvgIpc) is 2.65. The highest BCUT2D eigenvalue weighted by molar-refractivity contribution is 5.58. The first-order chi connectivity index (χ1) is 12.3. The molecule has 0 aromatic heterocycles. The lowest BCUT2D eigenvalue weighted by atomic mass is 9.45. The van der Waals surface area contributed by atoms with E-state index in [1.807, 2.05) is 12.1 Å². The minimum atomic E-state index is -0.0540. The van der Waals surface area contributed by atoms with Crippen LogP contribution in [0.3, 0.4) is 0 Å². The maximum absolute atomic E-state index is 5.89. The van der Waals surface area contributed by atoms with Crippen LogP contribution in [0.15, 0.2) is 24.3 Å². The molecule has 0 bridgehead atoms. The van der Waals surface area contributed by atoms with Crippen LogP contribution >= 0.6 is 0 Å². The second kappa shape index (κ2) is 6.83. The molecule has 0 heterocycles. The van der Waals surface area contributed by atoms with Crippen LogP contribution in [0.5, 0.6) is 17.2 Å². The van der Waals surface area contributed by atoms with Gasteiger partial charge in [0.05, 0.1) is 21.3 Å². The quantitative estimate of drug-likeness (QED) is 0.640. The Kier molecular flexibility index (Phi) is 5.02. The summed E-state index contributed by atoms with van der Waals surface area (Å²) in [5.74, 6) is 3.55. The van der Waals surface area contributed by atoms with Crippen LogP contribution in [0.4, 0.5) is 0 Å². The van der Waals surface area contributed by atoms with Crippen molar-refractivity contribution < 1.29 is 14.2 Å². The molecule has 0 unspecified atom stereocenters. The minimum Gasteiger partial charge on any atom is -0.496 e. The van der Waals surface area contributed by atoms with E-state index in [0.717, 1.165) is 23.7 Å². The minimum absolute atomic E-state index is 0.0540. The number of ether oxygens (including phenoxy) is 3. The molecule has 0 aliphatic heterocycles. The summed E-state index contributed by atoms with van der Waals surface area (Å²) >= 11 is 0. The van der Waals surface area contributed by atoms with Crippen LogP contribution in [0.25, 0.3) is 0 Å². The van der Waals surface area contributed by atoms with Gasteiger partial charge in [-0.05, 0) is 61.5 Å². The summed E-state index contributed by atoms with van der Waals surface area (Å²) in [5.41, 5.74) is 2.72. The normalized spacial score (nSPS) is 34.2. The molecule has 3 nitrogen and oxygen atoms in total. The van der Waals surface area contributed by atoms with Gasteiger partial charge in [-0.1, -0.05) is 32.9 Å². The van der Waals surface area contributed by atoms with Crippen molar-refractivity contribution in [2.24, 2.45) is 17.3 Å². The molecule has 0 saturated heterocycles. The third-order valence-electron chi connectivity index (χ3n) is 7.66. The van der Waals surface area contributed by atoms with Crippen LogP contribution in [0.2, 0.25) is 0 Å². The summed E-state index contributed by atoms with van der Waals surface area (Å²) in [6, 6.07) is 3.97. The number of allylic oxidation sites excluding steroid dienone is 1. The fourth-order valence-electron chi connectivity index (χ4n) is 5.85. The highest BCUT2D eigenvalue weighted by Gasteiger charge is 2.56. The molecule has 1 aromatic rings. The lowest BCUT2D eigenvalue weighted by molar-refractivity contribution is 0.00248. The Morgan fingerprint density at radius 3 is 2.27 bits per heavy atom. The third kappa shape index (κ3) is 2.54. The van der Waals surface area contributed by atoms with Gasteiger partial charge in [0.2, 0.25) is 0 Å². The first kappa shape index (κ1) is 19.1. The molecule has 3 heteroatoms. The van der Waals surface area contributed by atoms with Crippen molar-refractivity contribution in [3.8, 4) is 17.2 Å². The van der Waals surface area contributed by atoms with Gasteiger partial charge in [-0.15, -0.1) is 0 Å². The standard InChI is InChI=1S/C23H34O3/c1-15-9-8-10-19-22(15,3)14-13-16(2)23(19,4)20-17(24-5)11-12-18(25-6)21(20)26-7/h11-12,16,19H,1,8-10,13-14H2,2-7H3/t16-,19+,22-,23+/m0/s1. The molecule has 2 aliphatic carbocycles. The molecule has 144 valence electrons. The number of hydrogen-bond acceptors (Lipinski definition) is 3. The molecule has 26 heavy (non-hydrogen) atoms. The van der Waals surface area contributed by atoms with E-state index in [1.54, 1.807) is 21.3 Å². The smallest absolute Gasteiger partial charge is 0.168 e. The van der Waals surface area contributed by atoms with Crippen LogP contribution in [0, 0.1) is 17.3 Å². The van der Waals surface area contributed by atoms with E-state index in [2.05, 4.69) is 27.4 Å². The second-order valence-corrected chi connectivity index (χ2v) is 8.57. The zero-order valence-electron chi connectivity index (χ0n) is 17.3. The Bertz CT molecular complexity index is 695. The molecule has 2 fully saturated rings. The second-order valence-electron chi connectivity index (χ2n) is 8.57. The fourth-order valence-corrected chi connectivity index (χ4v) is 5.85. The van der Waals surface area contributed by atoms with Crippen LogP contribution in [-0.4, -0.2) is 21.3 Å². The Balaban J connectivity index is 2.27. The Labute approximate surface area is 158 Å². The average molecular weight is 359 g/mol. The Morgan fingerprint density at radius 2 is 1.65 bits per heavy atom. The molecule has 0 radical (unpaired) electrons. The maximum atomic E-state index is 5.89. The summed E-state index contributed by atoms with van der Waals surface area (Å²) in [6.45, 7) is 11.7. The van der Waals surface area contributed by atoms with E-state index in [0.29, 0.717) is 11.8 Å². The number of methoxy groups -OCH3 is 3. The van der Waals surface area contributed by atoms with Crippen molar-refractivity contribution in [3.05, 3.63) is 29.8 Å². The molecular formula is C23H34O3. The molecule has 3 rings (SSSR count). The van der Waals surface area contributed by atoms with Crippen molar-refractivity contribution in [1.29, 1.82) is 0 Å². The molecule has 2 saturated carbocycles. The predicted octanol–water partition coefficient (Wildman–Crippen LogP) is 5.76. The molecule has 0 spiro atoms. The van der Waals surface area contributed by atoms with Crippen molar-refractivity contribution in [3.63, 3.8) is 0 Å². The van der Waals surface area contributed by atoms with Gasteiger partial charge in [0, 0.05) is 11.0 Å².